The van der Waals surface area contributed by atoms with Gasteiger partial charge in [0.25, 0.3) is 5.91 Å². The van der Waals surface area contributed by atoms with Gasteiger partial charge in [-0.2, -0.15) is 10.2 Å². The lowest BCUT2D eigenvalue weighted by Gasteiger charge is -2.08. The van der Waals surface area contributed by atoms with Gasteiger partial charge in [-0.15, -0.1) is 0 Å². The van der Waals surface area contributed by atoms with Crippen LogP contribution in [0.15, 0.2) is 60.9 Å². The Labute approximate surface area is 272 Å². The number of hydrogen-bond donors (Lipinski definition) is 2. The number of hydrogen-bond acceptors (Lipinski definition) is 9. The highest BCUT2D eigenvalue weighted by atomic mass is 33.1. The Hall–Kier alpha value is -3.94. The molecule has 0 radical (unpaired) electrons. The highest BCUT2D eigenvalue weighted by Gasteiger charge is 2.15. The van der Waals surface area contributed by atoms with E-state index in [1.165, 1.54) is 6.20 Å². The van der Waals surface area contributed by atoms with Crippen LogP contribution in [0, 0.1) is 13.8 Å². The van der Waals surface area contributed by atoms with Crippen LogP contribution >= 0.6 is 21.6 Å². The number of carbonyl (C=O) groups excluding carboxylic acids is 1. The predicted molar refractivity (Wildman–Crippen MR) is 182 cm³/mol. The Morgan fingerprint density at radius 2 is 1.29 bits per heavy atom. The van der Waals surface area contributed by atoms with E-state index in [4.69, 9.17) is 14.6 Å². The zero-order valence-electron chi connectivity index (χ0n) is 26.6. The van der Waals surface area contributed by atoms with Crippen LogP contribution in [0.4, 0.5) is 0 Å². The molecule has 2 aromatic heterocycles. The van der Waals surface area contributed by atoms with Gasteiger partial charge in [-0.05, 0) is 89.3 Å². The average Bonchev–Trinajstić information content (AvgIpc) is 3.62. The fourth-order valence-electron chi connectivity index (χ4n) is 4.14. The van der Waals surface area contributed by atoms with Crippen LogP contribution in [-0.2, 0) is 0 Å². The summed E-state index contributed by atoms with van der Waals surface area (Å²) in [6.07, 6.45) is 5.07. The molecule has 0 saturated carbocycles. The normalized spacial score (nSPS) is 10.7. The molecule has 0 aliphatic rings. The molecule has 0 fully saturated rings. The highest BCUT2D eigenvalue weighted by Crippen LogP contribution is 2.22. The fourth-order valence-corrected chi connectivity index (χ4v) is 6.42. The minimum absolute atomic E-state index is 0.0646. The second kappa shape index (κ2) is 18.1. The summed E-state index contributed by atoms with van der Waals surface area (Å²) in [7, 11) is 11.2. The number of unbranched alkanes of at least 4 members (excludes halogenated alkanes) is 1. The SMILES string of the molecule is COc1ccc(-n2ncc(C(=O)NCCCCSSCCN(C)C)c2C)cc1.COc1ccc(-n2ncc(C(=O)O)c2C)cc1. The summed E-state index contributed by atoms with van der Waals surface area (Å²) in [6, 6.07) is 14.9. The van der Waals surface area contributed by atoms with E-state index < -0.39 is 5.97 Å². The maximum absolute atomic E-state index is 12.5. The average molecular weight is 655 g/mol. The van der Waals surface area contributed by atoms with Gasteiger partial charge in [0.05, 0.1) is 54.9 Å². The molecule has 2 aromatic carbocycles. The number of carboxylic acid groups (broad SMARTS) is 1. The number of carbonyl (C=O) groups is 2. The van der Waals surface area contributed by atoms with Gasteiger partial charge in [-0.1, -0.05) is 21.6 Å². The Kier molecular flexibility index (Phi) is 14.3. The molecule has 0 bridgehead atoms. The van der Waals surface area contributed by atoms with Crippen molar-refractivity contribution in [3.05, 3.63) is 83.4 Å². The van der Waals surface area contributed by atoms with Gasteiger partial charge >= 0.3 is 5.97 Å². The van der Waals surface area contributed by atoms with Crippen LogP contribution in [0.2, 0.25) is 0 Å². The molecule has 0 spiro atoms. The molecule has 45 heavy (non-hydrogen) atoms. The van der Waals surface area contributed by atoms with Crippen molar-refractivity contribution in [3.8, 4) is 22.9 Å². The molecule has 0 aliphatic heterocycles. The maximum Gasteiger partial charge on any atom is 0.339 e. The Morgan fingerprint density at radius 1 is 0.800 bits per heavy atom. The molecule has 0 atom stereocenters. The number of nitrogens with zero attached hydrogens (tertiary/aromatic N) is 5. The lowest BCUT2D eigenvalue weighted by atomic mass is 10.2. The van der Waals surface area contributed by atoms with Gasteiger partial charge < -0.3 is 24.8 Å². The van der Waals surface area contributed by atoms with Gasteiger partial charge in [-0.25, -0.2) is 14.2 Å². The van der Waals surface area contributed by atoms with Gasteiger partial charge in [0, 0.05) is 24.6 Å². The first-order valence-electron chi connectivity index (χ1n) is 14.4. The Balaban J connectivity index is 0.000000276. The number of amides is 1. The lowest BCUT2D eigenvalue weighted by Crippen LogP contribution is -2.25. The molecule has 0 unspecified atom stereocenters. The van der Waals surface area contributed by atoms with Crippen molar-refractivity contribution < 1.29 is 24.2 Å². The number of nitrogens with one attached hydrogen (secondary N) is 1. The smallest absolute Gasteiger partial charge is 0.339 e. The van der Waals surface area contributed by atoms with Crippen molar-refractivity contribution in [2.24, 2.45) is 0 Å². The zero-order valence-corrected chi connectivity index (χ0v) is 28.3. The van der Waals surface area contributed by atoms with Crippen LogP contribution in [0.5, 0.6) is 11.5 Å². The van der Waals surface area contributed by atoms with E-state index in [0.29, 0.717) is 17.8 Å². The molecule has 0 aliphatic carbocycles. The minimum atomic E-state index is -0.970. The minimum Gasteiger partial charge on any atom is -0.497 e. The highest BCUT2D eigenvalue weighted by molar-refractivity contribution is 8.76. The van der Waals surface area contributed by atoms with Crippen LogP contribution in [0.1, 0.15) is 44.9 Å². The number of carboxylic acids is 1. The van der Waals surface area contributed by atoms with E-state index in [9.17, 15) is 9.59 Å². The largest absolute Gasteiger partial charge is 0.497 e. The quantitative estimate of drug-likeness (QED) is 0.125. The summed E-state index contributed by atoms with van der Waals surface area (Å²) in [6.45, 7) is 5.43. The van der Waals surface area contributed by atoms with E-state index in [2.05, 4.69) is 34.5 Å². The third kappa shape index (κ3) is 10.6. The van der Waals surface area contributed by atoms with Crippen molar-refractivity contribution in [1.82, 2.24) is 29.8 Å². The third-order valence-electron chi connectivity index (χ3n) is 6.77. The third-order valence-corrected chi connectivity index (χ3v) is 9.25. The second-order valence-corrected chi connectivity index (χ2v) is 12.9. The van der Waals surface area contributed by atoms with Crippen LogP contribution in [0.3, 0.4) is 0 Å². The van der Waals surface area contributed by atoms with Crippen molar-refractivity contribution in [1.29, 1.82) is 0 Å². The van der Waals surface area contributed by atoms with Gasteiger partial charge in [-0.3, -0.25) is 4.79 Å². The number of aromatic nitrogens is 4. The molecule has 13 heteroatoms. The summed E-state index contributed by atoms with van der Waals surface area (Å²) in [4.78, 5) is 25.5. The summed E-state index contributed by atoms with van der Waals surface area (Å²) in [5, 5.41) is 20.4. The molecule has 0 saturated heterocycles. The first-order valence-corrected chi connectivity index (χ1v) is 16.9. The molecule has 4 aromatic rings. The topological polar surface area (TPSA) is 124 Å². The maximum atomic E-state index is 12.5. The van der Waals surface area contributed by atoms with Crippen molar-refractivity contribution in [3.63, 3.8) is 0 Å². The fraction of sp³-hybridized carbons (Fsp3) is 0.375. The lowest BCUT2D eigenvalue weighted by molar-refractivity contribution is 0.0695. The van der Waals surface area contributed by atoms with Crippen LogP contribution in [-0.4, -0.2) is 94.4 Å². The zero-order chi connectivity index (χ0) is 32.8. The van der Waals surface area contributed by atoms with Crippen LogP contribution < -0.4 is 14.8 Å². The van der Waals surface area contributed by atoms with E-state index >= 15 is 0 Å². The molecule has 2 heterocycles. The van der Waals surface area contributed by atoms with Gasteiger partial charge in [0.15, 0.2) is 0 Å². The van der Waals surface area contributed by atoms with E-state index in [1.807, 2.05) is 64.9 Å². The van der Waals surface area contributed by atoms with E-state index in [0.717, 1.165) is 59.5 Å². The summed E-state index contributed by atoms with van der Waals surface area (Å²) in [5.74, 6) is 2.76. The number of aromatic carboxylic acids is 1. The standard InChI is InChI=1S/C20H30N4O2S2.C12H12N2O3/c1-16-19(15-22-24(16)17-7-9-18(26-4)10-8-17)20(25)21-11-5-6-13-27-28-14-12-23(2)3;1-8-11(12(15)16)7-13-14(8)9-3-5-10(17-2)6-4-9/h7-10,15H,5-6,11-14H2,1-4H3,(H,21,25);3-7H,1-2H3,(H,15,16). The van der Waals surface area contributed by atoms with Gasteiger partial charge in [0.1, 0.15) is 17.1 Å². The molecular weight excluding hydrogens is 613 g/mol. The summed E-state index contributed by atoms with van der Waals surface area (Å²) < 4.78 is 13.6. The second-order valence-electron chi connectivity index (χ2n) is 10.2. The predicted octanol–water partition coefficient (Wildman–Crippen LogP) is 5.53. The molecule has 11 nitrogen and oxygen atoms in total. The van der Waals surface area contributed by atoms with Gasteiger partial charge in [0.2, 0.25) is 0 Å². The molecule has 1 amide bonds. The Bertz CT molecular complexity index is 1500. The molecule has 2 N–H and O–H groups in total. The number of ether oxygens (including phenoxy) is 2. The molecule has 242 valence electrons. The number of benzene rings is 2. The van der Waals surface area contributed by atoms with E-state index in [-0.39, 0.29) is 11.5 Å². The van der Waals surface area contributed by atoms with Crippen molar-refractivity contribution in [2.75, 3.05) is 52.9 Å². The van der Waals surface area contributed by atoms with Crippen LogP contribution in [0.25, 0.3) is 11.4 Å². The van der Waals surface area contributed by atoms with Crippen molar-refractivity contribution >= 4 is 33.5 Å². The number of rotatable bonds is 15. The molecule has 4 rings (SSSR count). The first-order chi connectivity index (χ1) is 21.7. The first kappa shape index (κ1) is 35.5. The number of methoxy groups -OCH3 is 2. The Morgan fingerprint density at radius 3 is 1.76 bits per heavy atom. The van der Waals surface area contributed by atoms with E-state index in [1.54, 1.807) is 48.8 Å². The summed E-state index contributed by atoms with van der Waals surface area (Å²) in [5.41, 5.74) is 3.96. The monoisotopic (exact) mass is 654 g/mol. The molecular formula is C32H42N6O5S2. The summed E-state index contributed by atoms with van der Waals surface area (Å²) >= 11 is 0. The van der Waals surface area contributed by atoms with Crippen molar-refractivity contribution in [2.45, 2.75) is 26.7 Å².